The van der Waals surface area contributed by atoms with Crippen LogP contribution < -0.4 is 15.0 Å². The van der Waals surface area contributed by atoms with Gasteiger partial charge in [-0.05, 0) is 87.7 Å². The zero-order valence-electron chi connectivity index (χ0n) is 19.4. The molecule has 2 aromatic heterocycles. The summed E-state index contributed by atoms with van der Waals surface area (Å²) in [7, 11) is 1.66. The van der Waals surface area contributed by atoms with Gasteiger partial charge in [0.2, 0.25) is 5.88 Å². The first-order chi connectivity index (χ1) is 15.4. The molecule has 3 heterocycles. The number of pyridine rings is 1. The molecule has 0 unspecified atom stereocenters. The third-order valence-corrected chi connectivity index (χ3v) is 8.76. The highest BCUT2D eigenvalue weighted by Gasteiger charge is 2.85. The van der Waals surface area contributed by atoms with Crippen molar-refractivity contribution in [3.63, 3.8) is 0 Å². The first kappa shape index (κ1) is 20.1. The molecule has 7 heteroatoms. The SMILES string of the molecule is CNC(=O)c1ccc(-n2ccc(OCCC3C4(CC4)C34CC4)n2)nc1N1CCCC1(C)C. The molecule has 0 atom stereocenters. The molecule has 1 saturated heterocycles. The molecule has 1 aliphatic heterocycles. The minimum Gasteiger partial charge on any atom is -0.477 e. The highest BCUT2D eigenvalue weighted by atomic mass is 16.5. The number of hydrogen-bond donors (Lipinski definition) is 1. The summed E-state index contributed by atoms with van der Waals surface area (Å²) in [5.41, 5.74) is 2.02. The van der Waals surface area contributed by atoms with Crippen LogP contribution in [0.4, 0.5) is 5.82 Å². The van der Waals surface area contributed by atoms with Gasteiger partial charge in [0, 0.05) is 31.4 Å². The zero-order chi connectivity index (χ0) is 22.1. The molecule has 2 aromatic rings. The van der Waals surface area contributed by atoms with E-state index in [-0.39, 0.29) is 11.4 Å². The summed E-state index contributed by atoms with van der Waals surface area (Å²) in [6.45, 7) is 6.05. The molecule has 1 N–H and O–H groups in total. The van der Waals surface area contributed by atoms with Crippen molar-refractivity contribution in [3.8, 4) is 11.7 Å². The number of carbonyl (C=O) groups excluding carboxylic acids is 1. The summed E-state index contributed by atoms with van der Waals surface area (Å²) in [4.78, 5) is 19.6. The molecule has 1 amide bonds. The maximum Gasteiger partial charge on any atom is 0.254 e. The first-order valence-electron chi connectivity index (χ1n) is 12.1. The number of hydrogen-bond acceptors (Lipinski definition) is 5. The third kappa shape index (κ3) is 2.89. The zero-order valence-corrected chi connectivity index (χ0v) is 19.4. The Morgan fingerprint density at radius 3 is 2.53 bits per heavy atom. The summed E-state index contributed by atoms with van der Waals surface area (Å²) in [5.74, 6) is 2.83. The lowest BCUT2D eigenvalue weighted by Gasteiger charge is -2.34. The van der Waals surface area contributed by atoms with E-state index in [0.29, 0.717) is 17.3 Å². The lowest BCUT2D eigenvalue weighted by molar-refractivity contribution is 0.0963. The lowest BCUT2D eigenvalue weighted by atomic mass is 10.0. The van der Waals surface area contributed by atoms with E-state index in [1.165, 1.54) is 25.7 Å². The minimum absolute atomic E-state index is 0.0343. The molecule has 3 aliphatic carbocycles. The third-order valence-electron chi connectivity index (χ3n) is 8.76. The summed E-state index contributed by atoms with van der Waals surface area (Å²) in [5, 5.41) is 7.36. The predicted molar refractivity (Wildman–Crippen MR) is 122 cm³/mol. The average Bonchev–Trinajstić information content (AvgIpc) is 3.73. The van der Waals surface area contributed by atoms with Gasteiger partial charge in [-0.1, -0.05) is 0 Å². The number of ether oxygens (including phenoxy) is 1. The van der Waals surface area contributed by atoms with Crippen LogP contribution in [-0.2, 0) is 0 Å². The van der Waals surface area contributed by atoms with Gasteiger partial charge in [-0.15, -0.1) is 5.10 Å². The number of amides is 1. The Morgan fingerprint density at radius 1 is 1.16 bits per heavy atom. The second-order valence-corrected chi connectivity index (χ2v) is 10.8. The predicted octanol–water partition coefficient (Wildman–Crippen LogP) is 3.96. The average molecular weight is 436 g/mol. The Balaban J connectivity index is 1.18. The largest absolute Gasteiger partial charge is 0.477 e. The Bertz CT molecular complexity index is 1050. The molecule has 0 radical (unpaired) electrons. The molecule has 7 nitrogen and oxygen atoms in total. The van der Waals surface area contributed by atoms with Crippen LogP contribution in [0.2, 0.25) is 0 Å². The van der Waals surface area contributed by atoms with Crippen LogP contribution in [0, 0.1) is 16.7 Å². The normalized spacial score (nSPS) is 23.5. The summed E-state index contributed by atoms with van der Waals surface area (Å²) in [6.07, 6.45) is 11.0. The monoisotopic (exact) mass is 435 g/mol. The fourth-order valence-electron chi connectivity index (χ4n) is 6.73. The van der Waals surface area contributed by atoms with Crippen LogP contribution >= 0.6 is 0 Å². The van der Waals surface area contributed by atoms with E-state index < -0.39 is 0 Å². The van der Waals surface area contributed by atoms with Crippen molar-refractivity contribution in [3.05, 3.63) is 30.0 Å². The van der Waals surface area contributed by atoms with Crippen LogP contribution in [0.15, 0.2) is 24.4 Å². The molecular formula is C25H33N5O2. The van der Waals surface area contributed by atoms with E-state index in [0.717, 1.165) is 55.0 Å². The van der Waals surface area contributed by atoms with E-state index in [2.05, 4.69) is 29.2 Å². The lowest BCUT2D eigenvalue weighted by Crippen LogP contribution is -2.40. The van der Waals surface area contributed by atoms with Crippen molar-refractivity contribution in [2.24, 2.45) is 16.7 Å². The Morgan fingerprint density at radius 2 is 1.91 bits per heavy atom. The van der Waals surface area contributed by atoms with E-state index in [4.69, 9.17) is 9.72 Å². The van der Waals surface area contributed by atoms with E-state index in [1.54, 1.807) is 11.7 Å². The van der Waals surface area contributed by atoms with Gasteiger partial charge >= 0.3 is 0 Å². The quantitative estimate of drug-likeness (QED) is 0.713. The van der Waals surface area contributed by atoms with Gasteiger partial charge in [0.1, 0.15) is 5.82 Å². The molecule has 6 rings (SSSR count). The minimum atomic E-state index is -0.117. The van der Waals surface area contributed by atoms with Gasteiger partial charge in [0.25, 0.3) is 5.91 Å². The molecule has 2 spiro atoms. The maximum atomic E-state index is 12.5. The van der Waals surface area contributed by atoms with Crippen molar-refractivity contribution in [1.29, 1.82) is 0 Å². The highest BCUT2D eigenvalue weighted by molar-refractivity contribution is 5.99. The van der Waals surface area contributed by atoms with Gasteiger partial charge < -0.3 is 15.0 Å². The molecular weight excluding hydrogens is 402 g/mol. The Labute approximate surface area is 189 Å². The van der Waals surface area contributed by atoms with Gasteiger partial charge in [-0.3, -0.25) is 4.79 Å². The standard InChI is InChI=1S/C25H33N5O2/c1-23(2)9-4-14-29(23)21-17(22(31)26-3)5-6-19(27-21)30-15-7-20(28-30)32-16-8-18-24(10-11-24)25(18)12-13-25/h5-7,15,18H,4,8-14,16H2,1-3H3,(H,26,31). The molecule has 32 heavy (non-hydrogen) atoms. The van der Waals surface area contributed by atoms with E-state index >= 15 is 0 Å². The number of aromatic nitrogens is 3. The van der Waals surface area contributed by atoms with Crippen molar-refractivity contribution >= 4 is 11.7 Å². The molecule has 170 valence electrons. The first-order valence-corrected chi connectivity index (χ1v) is 12.1. The van der Waals surface area contributed by atoms with Crippen molar-refractivity contribution in [1.82, 2.24) is 20.1 Å². The summed E-state index contributed by atoms with van der Waals surface area (Å²) in [6, 6.07) is 5.61. The van der Waals surface area contributed by atoms with Crippen LogP contribution in [0.5, 0.6) is 5.88 Å². The number of carbonyl (C=O) groups is 1. The van der Waals surface area contributed by atoms with E-state index in [9.17, 15) is 4.79 Å². The van der Waals surface area contributed by atoms with Gasteiger partial charge in [0.05, 0.1) is 12.2 Å². The molecule has 4 aliphatic rings. The number of nitrogens with one attached hydrogen (secondary N) is 1. The second kappa shape index (κ2) is 6.72. The molecule has 0 aromatic carbocycles. The van der Waals surface area contributed by atoms with Crippen molar-refractivity contribution in [2.45, 2.75) is 64.3 Å². The fourth-order valence-corrected chi connectivity index (χ4v) is 6.73. The smallest absolute Gasteiger partial charge is 0.254 e. The Kier molecular flexibility index (Phi) is 4.21. The van der Waals surface area contributed by atoms with Crippen molar-refractivity contribution < 1.29 is 9.53 Å². The number of nitrogens with zero attached hydrogens (tertiary/aromatic N) is 4. The topological polar surface area (TPSA) is 72.3 Å². The van der Waals surface area contributed by atoms with Crippen LogP contribution in [0.3, 0.4) is 0 Å². The summed E-state index contributed by atoms with van der Waals surface area (Å²) >= 11 is 0. The molecule has 0 bridgehead atoms. The number of anilines is 1. The fraction of sp³-hybridized carbons (Fsp3) is 0.640. The van der Waals surface area contributed by atoms with Gasteiger partial charge in [0.15, 0.2) is 5.82 Å². The van der Waals surface area contributed by atoms with Crippen LogP contribution in [-0.4, -0.2) is 46.4 Å². The maximum absolute atomic E-state index is 12.5. The Hall–Kier alpha value is -2.57. The molecule has 3 saturated carbocycles. The summed E-state index contributed by atoms with van der Waals surface area (Å²) < 4.78 is 7.76. The van der Waals surface area contributed by atoms with Crippen molar-refractivity contribution in [2.75, 3.05) is 25.1 Å². The van der Waals surface area contributed by atoms with E-state index in [1.807, 2.05) is 24.4 Å². The van der Waals surface area contributed by atoms with Crippen LogP contribution in [0.25, 0.3) is 5.82 Å². The van der Waals surface area contributed by atoms with Gasteiger partial charge in [-0.2, -0.15) is 0 Å². The highest BCUT2D eigenvalue weighted by Crippen LogP contribution is 2.93. The second-order valence-electron chi connectivity index (χ2n) is 10.8. The van der Waals surface area contributed by atoms with Crippen LogP contribution in [0.1, 0.15) is 69.2 Å². The molecule has 4 fully saturated rings. The number of fused-ring (bicyclic) bond motifs is 1. The number of rotatable bonds is 7. The van der Waals surface area contributed by atoms with Gasteiger partial charge in [-0.25, -0.2) is 9.67 Å².